The predicted molar refractivity (Wildman–Crippen MR) is 130 cm³/mol. The second kappa shape index (κ2) is 9.56. The zero-order valence-electron chi connectivity index (χ0n) is 18.0. The number of aliphatic hydroxyl groups is 1. The molecule has 2 unspecified atom stereocenters. The molecule has 0 saturated carbocycles. The Hall–Kier alpha value is -3.49. The van der Waals surface area contributed by atoms with Crippen LogP contribution in [0, 0.1) is 0 Å². The highest BCUT2D eigenvalue weighted by atomic mass is 32.2. The molecule has 2 N–H and O–H groups in total. The Labute approximate surface area is 196 Å². The Bertz CT molecular complexity index is 1200. The summed E-state index contributed by atoms with van der Waals surface area (Å²) in [5, 5.41) is 14.0. The first-order valence-electron chi connectivity index (χ1n) is 10.5. The number of hydrogen-bond acceptors (Lipinski definition) is 8. The highest BCUT2D eigenvalue weighted by molar-refractivity contribution is 8.01. The van der Waals surface area contributed by atoms with E-state index < -0.39 is 6.29 Å². The number of hydrogen-bond donors (Lipinski definition) is 2. The fraction of sp³-hybridized carbons (Fsp3) is 0.200. The van der Waals surface area contributed by atoms with Crippen LogP contribution in [0.1, 0.15) is 11.3 Å². The number of para-hydroxylation sites is 2. The number of nitrogens with zero attached hydrogens (tertiary/aromatic N) is 2. The highest BCUT2D eigenvalue weighted by Gasteiger charge is 2.29. The van der Waals surface area contributed by atoms with Crippen LogP contribution in [0.3, 0.4) is 0 Å². The van der Waals surface area contributed by atoms with Crippen molar-refractivity contribution in [3.05, 3.63) is 83.7 Å². The Kier molecular flexibility index (Phi) is 6.19. The summed E-state index contributed by atoms with van der Waals surface area (Å²) in [5.41, 5.74) is 3.89. The molecule has 2 aromatic carbocycles. The molecule has 0 saturated heterocycles. The SMILES string of the molecule is COc1ccccc1NC1N=C(C2=Cc3ccc(OCc4ccccn4)cc3OC2O)CS1. The van der Waals surface area contributed by atoms with Crippen LogP contribution in [-0.4, -0.2) is 40.5 Å². The quantitative estimate of drug-likeness (QED) is 0.541. The van der Waals surface area contributed by atoms with Gasteiger partial charge in [0.1, 0.15) is 23.9 Å². The van der Waals surface area contributed by atoms with Crippen LogP contribution in [0.4, 0.5) is 5.69 Å². The van der Waals surface area contributed by atoms with Crippen LogP contribution in [0.2, 0.25) is 0 Å². The van der Waals surface area contributed by atoms with Crippen molar-refractivity contribution in [2.24, 2.45) is 4.99 Å². The van der Waals surface area contributed by atoms with Crippen molar-refractivity contribution in [3.8, 4) is 17.2 Å². The topological polar surface area (TPSA) is 85.2 Å². The summed E-state index contributed by atoms with van der Waals surface area (Å²) in [6.07, 6.45) is 2.57. The number of benzene rings is 2. The summed E-state index contributed by atoms with van der Waals surface area (Å²) in [7, 11) is 1.64. The van der Waals surface area contributed by atoms with Crippen molar-refractivity contribution >= 4 is 29.2 Å². The number of anilines is 1. The first-order valence-corrected chi connectivity index (χ1v) is 11.6. The number of pyridine rings is 1. The molecule has 2 atom stereocenters. The van der Waals surface area contributed by atoms with E-state index in [1.807, 2.05) is 60.7 Å². The van der Waals surface area contributed by atoms with Gasteiger partial charge < -0.3 is 24.6 Å². The zero-order valence-corrected chi connectivity index (χ0v) is 18.8. The molecule has 168 valence electrons. The first kappa shape index (κ1) is 21.4. The van der Waals surface area contributed by atoms with E-state index in [4.69, 9.17) is 19.2 Å². The van der Waals surface area contributed by atoms with E-state index in [2.05, 4.69) is 10.3 Å². The minimum absolute atomic E-state index is 0.173. The van der Waals surface area contributed by atoms with Gasteiger partial charge in [0.05, 0.1) is 24.2 Å². The lowest BCUT2D eigenvalue weighted by Gasteiger charge is -2.23. The second-order valence-corrected chi connectivity index (χ2v) is 8.53. The molecule has 0 aliphatic carbocycles. The van der Waals surface area contributed by atoms with Crippen molar-refractivity contribution in [1.82, 2.24) is 4.98 Å². The lowest BCUT2D eigenvalue weighted by molar-refractivity contribution is 0.0175. The standard InChI is InChI=1S/C25H23N3O4S/c1-30-22-8-3-2-7-20(22)27-25-28-21(15-33-25)19-12-16-9-10-18(13-23(16)32-24(19)29)31-14-17-6-4-5-11-26-17/h2-13,24-25,27,29H,14-15H2,1H3. The lowest BCUT2D eigenvalue weighted by Crippen LogP contribution is -2.27. The average Bonchev–Trinajstić information content (AvgIpc) is 3.31. The number of methoxy groups -OCH3 is 1. The van der Waals surface area contributed by atoms with Gasteiger partial charge in [-0.15, -0.1) is 11.8 Å². The van der Waals surface area contributed by atoms with E-state index in [0.717, 1.165) is 28.4 Å². The van der Waals surface area contributed by atoms with E-state index in [9.17, 15) is 5.11 Å². The van der Waals surface area contributed by atoms with Crippen LogP contribution < -0.4 is 19.5 Å². The van der Waals surface area contributed by atoms with Gasteiger partial charge in [-0.05, 0) is 42.5 Å². The van der Waals surface area contributed by atoms with Crippen LogP contribution in [-0.2, 0) is 6.61 Å². The van der Waals surface area contributed by atoms with E-state index in [0.29, 0.717) is 29.4 Å². The Balaban J connectivity index is 1.30. The van der Waals surface area contributed by atoms with Gasteiger partial charge in [0.2, 0.25) is 6.29 Å². The molecular formula is C25H23N3O4S. The molecule has 0 amide bonds. The highest BCUT2D eigenvalue weighted by Crippen LogP contribution is 2.36. The van der Waals surface area contributed by atoms with E-state index >= 15 is 0 Å². The van der Waals surface area contributed by atoms with Crippen LogP contribution >= 0.6 is 11.8 Å². The van der Waals surface area contributed by atoms with Crippen molar-refractivity contribution in [3.63, 3.8) is 0 Å². The summed E-state index contributed by atoms with van der Waals surface area (Å²) >= 11 is 1.64. The molecule has 0 radical (unpaired) electrons. The van der Waals surface area contributed by atoms with Gasteiger partial charge in [0.15, 0.2) is 5.50 Å². The number of fused-ring (bicyclic) bond motifs is 1. The van der Waals surface area contributed by atoms with Crippen molar-refractivity contribution in [1.29, 1.82) is 0 Å². The van der Waals surface area contributed by atoms with Gasteiger partial charge in [-0.2, -0.15) is 0 Å². The number of thioether (sulfide) groups is 1. The third-order valence-electron chi connectivity index (χ3n) is 5.28. The van der Waals surface area contributed by atoms with Crippen molar-refractivity contribution in [2.45, 2.75) is 18.4 Å². The molecule has 0 fully saturated rings. The van der Waals surface area contributed by atoms with Gasteiger partial charge in [-0.25, -0.2) is 0 Å². The second-order valence-electron chi connectivity index (χ2n) is 7.46. The van der Waals surface area contributed by atoms with Crippen molar-refractivity contribution < 1.29 is 19.3 Å². The average molecular weight is 462 g/mol. The smallest absolute Gasteiger partial charge is 0.226 e. The predicted octanol–water partition coefficient (Wildman–Crippen LogP) is 4.35. The van der Waals surface area contributed by atoms with E-state index in [-0.39, 0.29) is 5.50 Å². The Morgan fingerprint density at radius 2 is 2.03 bits per heavy atom. The largest absolute Gasteiger partial charge is 0.495 e. The zero-order chi connectivity index (χ0) is 22.6. The normalized spacial score (nSPS) is 19.1. The van der Waals surface area contributed by atoms with Gasteiger partial charge >= 0.3 is 0 Å². The lowest BCUT2D eigenvalue weighted by atomic mass is 10.0. The number of aromatic nitrogens is 1. The Morgan fingerprint density at radius 1 is 1.15 bits per heavy atom. The fourth-order valence-corrected chi connectivity index (χ4v) is 4.59. The Morgan fingerprint density at radius 3 is 2.88 bits per heavy atom. The third-order valence-corrected chi connectivity index (χ3v) is 6.26. The molecule has 5 rings (SSSR count). The van der Waals surface area contributed by atoms with Gasteiger partial charge in [0.25, 0.3) is 0 Å². The molecule has 8 heteroatoms. The summed E-state index contributed by atoms with van der Waals surface area (Å²) in [5.74, 6) is 2.65. The number of aliphatic imine (C=N–C) groups is 1. The van der Waals surface area contributed by atoms with Crippen LogP contribution in [0.25, 0.3) is 6.08 Å². The van der Waals surface area contributed by atoms with Crippen LogP contribution in [0.5, 0.6) is 17.2 Å². The van der Waals surface area contributed by atoms with Crippen LogP contribution in [0.15, 0.2) is 77.4 Å². The van der Waals surface area contributed by atoms with Gasteiger partial charge in [-0.3, -0.25) is 9.98 Å². The minimum atomic E-state index is -1.09. The summed E-state index contributed by atoms with van der Waals surface area (Å²) in [4.78, 5) is 9.02. The summed E-state index contributed by atoms with van der Waals surface area (Å²) in [6.45, 7) is 0.359. The van der Waals surface area contributed by atoms with Gasteiger partial charge in [-0.1, -0.05) is 18.2 Å². The first-order chi connectivity index (χ1) is 16.2. The summed E-state index contributed by atoms with van der Waals surface area (Å²) in [6, 6.07) is 19.0. The molecule has 3 aromatic rings. The molecule has 0 spiro atoms. The maximum absolute atomic E-state index is 10.7. The third kappa shape index (κ3) is 4.81. The van der Waals surface area contributed by atoms with Crippen molar-refractivity contribution in [2.75, 3.05) is 18.2 Å². The molecule has 7 nitrogen and oxygen atoms in total. The summed E-state index contributed by atoms with van der Waals surface area (Å²) < 4.78 is 17.0. The molecule has 1 aromatic heterocycles. The monoisotopic (exact) mass is 461 g/mol. The maximum atomic E-state index is 10.7. The van der Waals surface area contributed by atoms with E-state index in [1.54, 1.807) is 31.1 Å². The molecule has 33 heavy (non-hydrogen) atoms. The molecular weight excluding hydrogens is 438 g/mol. The number of ether oxygens (including phenoxy) is 3. The number of aliphatic hydroxyl groups excluding tert-OH is 1. The minimum Gasteiger partial charge on any atom is -0.495 e. The van der Waals surface area contributed by atoms with E-state index in [1.165, 1.54) is 0 Å². The number of rotatable bonds is 7. The number of nitrogens with one attached hydrogen (secondary N) is 1. The molecule has 2 aliphatic heterocycles. The fourth-order valence-electron chi connectivity index (χ4n) is 3.62. The van der Waals surface area contributed by atoms with Gasteiger partial charge in [0, 0.05) is 29.2 Å². The molecule has 3 heterocycles. The molecule has 0 bridgehead atoms. The maximum Gasteiger partial charge on any atom is 0.226 e. The molecule has 2 aliphatic rings.